The predicted molar refractivity (Wildman–Crippen MR) is 36.6 cm³/mol. The first-order valence-electron chi connectivity index (χ1n) is 3.04. The lowest BCUT2D eigenvalue weighted by molar-refractivity contribution is 1.01. The van der Waals surface area contributed by atoms with Crippen LogP contribution in [0.2, 0.25) is 0 Å². The third kappa shape index (κ3) is 1.24. The average Bonchev–Trinajstić information content (AvgIpc) is 2.05. The van der Waals surface area contributed by atoms with Crippen molar-refractivity contribution in [3.63, 3.8) is 0 Å². The van der Waals surface area contributed by atoms with Gasteiger partial charge in [0.2, 0.25) is 0 Å². The van der Waals surface area contributed by atoms with Crippen LogP contribution in [0.3, 0.4) is 0 Å². The van der Waals surface area contributed by atoms with Crippen molar-refractivity contribution in [1.82, 2.24) is 0 Å². The lowest BCUT2D eigenvalue weighted by atomic mass is 9.99. The maximum Gasteiger partial charge on any atom is 0.0947 e. The average molecular weight is 130 g/mol. The van der Waals surface area contributed by atoms with Gasteiger partial charge in [-0.3, -0.25) is 0 Å². The molecule has 1 rings (SSSR count). The van der Waals surface area contributed by atoms with Gasteiger partial charge in [0.15, 0.2) is 0 Å². The Labute approximate surface area is 59.7 Å². The molecule has 0 bridgehead atoms. The topological polar surface area (TPSA) is 47.6 Å². The summed E-state index contributed by atoms with van der Waals surface area (Å²) < 4.78 is 0. The number of rotatable bonds is 0. The minimum Gasteiger partial charge on any atom is -0.197 e. The minimum absolute atomic E-state index is 0.191. The van der Waals surface area contributed by atoms with Crippen LogP contribution in [0.1, 0.15) is 6.42 Å². The number of hydrogen-bond acceptors (Lipinski definition) is 2. The van der Waals surface area contributed by atoms with E-state index in [2.05, 4.69) is 6.07 Å². The summed E-state index contributed by atoms with van der Waals surface area (Å²) >= 11 is 0. The highest BCUT2D eigenvalue weighted by Gasteiger charge is 2.05. The van der Waals surface area contributed by atoms with Crippen molar-refractivity contribution >= 4 is 0 Å². The summed E-state index contributed by atoms with van der Waals surface area (Å²) in [5.74, 6) is -0.191. The number of hydrogen-bond donors (Lipinski definition) is 0. The van der Waals surface area contributed by atoms with E-state index in [4.69, 9.17) is 10.5 Å². The molecule has 0 aliphatic heterocycles. The van der Waals surface area contributed by atoms with Gasteiger partial charge in [-0.2, -0.15) is 10.5 Å². The van der Waals surface area contributed by atoms with Gasteiger partial charge in [0.25, 0.3) is 0 Å². The standard InChI is InChI=1S/C8H6N2/c9-5-7-2-1-3-8(4-7)6-10/h1-2,4,7H,3H2. The SMILES string of the molecule is N#CC1=CC(C#N)C=CC1. The normalized spacial score (nSPS) is 22.6. The summed E-state index contributed by atoms with van der Waals surface area (Å²) in [6, 6.07) is 4.08. The van der Waals surface area contributed by atoms with Crippen LogP contribution < -0.4 is 0 Å². The molecule has 1 aliphatic carbocycles. The minimum atomic E-state index is -0.191. The molecule has 10 heavy (non-hydrogen) atoms. The van der Waals surface area contributed by atoms with Gasteiger partial charge in [-0.1, -0.05) is 12.2 Å². The Morgan fingerprint density at radius 3 is 2.90 bits per heavy atom. The molecule has 0 aromatic carbocycles. The second kappa shape index (κ2) is 2.85. The third-order valence-corrected chi connectivity index (χ3v) is 1.35. The molecule has 0 aromatic rings. The Hall–Kier alpha value is -1.54. The Morgan fingerprint density at radius 2 is 2.30 bits per heavy atom. The molecule has 1 atom stereocenters. The van der Waals surface area contributed by atoms with Crippen molar-refractivity contribution in [1.29, 1.82) is 10.5 Å². The quantitative estimate of drug-likeness (QED) is 0.467. The Bertz CT molecular complexity index is 260. The highest BCUT2D eigenvalue weighted by molar-refractivity contribution is 5.31. The highest BCUT2D eigenvalue weighted by atomic mass is 14.3. The Kier molecular flexibility index (Phi) is 1.87. The van der Waals surface area contributed by atoms with E-state index in [1.54, 1.807) is 12.2 Å². The molecule has 0 saturated heterocycles. The van der Waals surface area contributed by atoms with Crippen LogP contribution in [-0.2, 0) is 0 Å². The molecule has 0 fully saturated rings. The Balaban J connectivity index is 2.77. The first kappa shape index (κ1) is 6.58. The molecule has 0 radical (unpaired) electrons. The molecule has 0 spiro atoms. The summed E-state index contributed by atoms with van der Waals surface area (Å²) in [7, 11) is 0. The summed E-state index contributed by atoms with van der Waals surface area (Å²) in [5, 5.41) is 16.9. The lowest BCUT2D eigenvalue weighted by Gasteiger charge is -2.02. The van der Waals surface area contributed by atoms with E-state index in [0.717, 1.165) is 0 Å². The molecular weight excluding hydrogens is 124 g/mol. The number of nitrogens with zero attached hydrogens (tertiary/aromatic N) is 2. The van der Waals surface area contributed by atoms with Gasteiger partial charge < -0.3 is 0 Å². The highest BCUT2D eigenvalue weighted by Crippen LogP contribution is 2.14. The summed E-state index contributed by atoms with van der Waals surface area (Å²) in [4.78, 5) is 0. The Morgan fingerprint density at radius 1 is 1.50 bits per heavy atom. The molecular formula is C8H6N2. The maximum atomic E-state index is 8.45. The first-order valence-corrected chi connectivity index (χ1v) is 3.04. The van der Waals surface area contributed by atoms with Crippen LogP contribution in [0.4, 0.5) is 0 Å². The van der Waals surface area contributed by atoms with Gasteiger partial charge in [-0.25, -0.2) is 0 Å². The summed E-state index contributed by atoms with van der Waals surface area (Å²) in [6.45, 7) is 0. The fraction of sp³-hybridized carbons (Fsp3) is 0.250. The number of allylic oxidation sites excluding steroid dienone is 4. The van der Waals surface area contributed by atoms with E-state index in [0.29, 0.717) is 12.0 Å². The van der Waals surface area contributed by atoms with Crippen LogP contribution in [0.15, 0.2) is 23.8 Å². The maximum absolute atomic E-state index is 8.45. The zero-order chi connectivity index (χ0) is 7.40. The van der Waals surface area contributed by atoms with E-state index >= 15 is 0 Å². The van der Waals surface area contributed by atoms with Gasteiger partial charge >= 0.3 is 0 Å². The fourth-order valence-electron chi connectivity index (χ4n) is 0.845. The van der Waals surface area contributed by atoms with Crippen molar-refractivity contribution < 1.29 is 0 Å². The molecule has 0 aromatic heterocycles. The second-order valence-electron chi connectivity index (χ2n) is 2.09. The lowest BCUT2D eigenvalue weighted by Crippen LogP contribution is -1.93. The van der Waals surface area contributed by atoms with Gasteiger partial charge in [0.05, 0.1) is 18.1 Å². The van der Waals surface area contributed by atoms with Gasteiger partial charge in [-0.15, -0.1) is 0 Å². The zero-order valence-corrected chi connectivity index (χ0v) is 5.41. The van der Waals surface area contributed by atoms with E-state index in [1.807, 2.05) is 12.1 Å². The largest absolute Gasteiger partial charge is 0.197 e. The molecule has 48 valence electrons. The van der Waals surface area contributed by atoms with E-state index in [9.17, 15) is 0 Å². The molecule has 2 heteroatoms. The van der Waals surface area contributed by atoms with Crippen LogP contribution >= 0.6 is 0 Å². The number of nitriles is 2. The van der Waals surface area contributed by atoms with Crippen LogP contribution in [-0.4, -0.2) is 0 Å². The van der Waals surface area contributed by atoms with Crippen molar-refractivity contribution in [2.24, 2.45) is 5.92 Å². The van der Waals surface area contributed by atoms with Gasteiger partial charge in [-0.05, 0) is 6.08 Å². The predicted octanol–water partition coefficient (Wildman–Crippen LogP) is 1.54. The zero-order valence-electron chi connectivity index (χ0n) is 5.41. The van der Waals surface area contributed by atoms with Crippen LogP contribution in [0.5, 0.6) is 0 Å². The van der Waals surface area contributed by atoms with Crippen molar-refractivity contribution in [2.75, 3.05) is 0 Å². The molecule has 1 unspecified atom stereocenters. The van der Waals surface area contributed by atoms with Crippen molar-refractivity contribution in [2.45, 2.75) is 6.42 Å². The smallest absolute Gasteiger partial charge is 0.0947 e. The third-order valence-electron chi connectivity index (χ3n) is 1.35. The summed E-state index contributed by atoms with van der Waals surface area (Å²) in [6.07, 6.45) is 6.03. The molecule has 2 nitrogen and oxygen atoms in total. The van der Waals surface area contributed by atoms with E-state index in [1.165, 1.54) is 0 Å². The first-order chi connectivity index (χ1) is 4.86. The summed E-state index contributed by atoms with van der Waals surface area (Å²) in [5.41, 5.74) is 0.689. The van der Waals surface area contributed by atoms with Gasteiger partial charge in [0, 0.05) is 12.0 Å². The molecule has 0 saturated carbocycles. The molecule has 0 amide bonds. The van der Waals surface area contributed by atoms with Gasteiger partial charge in [0.1, 0.15) is 0 Å². The second-order valence-corrected chi connectivity index (χ2v) is 2.09. The van der Waals surface area contributed by atoms with Crippen LogP contribution in [0, 0.1) is 28.6 Å². The fourth-order valence-corrected chi connectivity index (χ4v) is 0.845. The van der Waals surface area contributed by atoms with Crippen LogP contribution in [0.25, 0.3) is 0 Å². The molecule has 1 aliphatic rings. The van der Waals surface area contributed by atoms with E-state index < -0.39 is 0 Å². The monoisotopic (exact) mass is 130 g/mol. The molecule has 0 heterocycles. The van der Waals surface area contributed by atoms with Crippen molar-refractivity contribution in [3.8, 4) is 12.1 Å². The van der Waals surface area contributed by atoms with Crippen molar-refractivity contribution in [3.05, 3.63) is 23.8 Å². The van der Waals surface area contributed by atoms with E-state index in [-0.39, 0.29) is 5.92 Å². The molecule has 0 N–H and O–H groups in total.